The van der Waals surface area contributed by atoms with Gasteiger partial charge in [-0.05, 0) is 26.7 Å². The van der Waals surface area contributed by atoms with Crippen LogP contribution in [-0.4, -0.2) is 38.2 Å². The van der Waals surface area contributed by atoms with Crippen molar-refractivity contribution in [1.29, 1.82) is 0 Å². The van der Waals surface area contributed by atoms with Crippen LogP contribution in [0.5, 0.6) is 5.75 Å². The first-order valence-corrected chi connectivity index (χ1v) is 8.23. The van der Waals surface area contributed by atoms with E-state index < -0.39 is 0 Å². The van der Waals surface area contributed by atoms with Crippen molar-refractivity contribution >= 4 is 27.8 Å². The molecule has 0 spiro atoms. The van der Waals surface area contributed by atoms with E-state index in [0.29, 0.717) is 16.3 Å². The number of nitrogens with two attached hydrogens (primary N) is 1. The molecular formula is C15H22N2O3S. The Labute approximate surface area is 129 Å². The van der Waals surface area contributed by atoms with Gasteiger partial charge in [0.05, 0.1) is 29.9 Å². The summed E-state index contributed by atoms with van der Waals surface area (Å²) < 4.78 is 11.2. The zero-order valence-electron chi connectivity index (χ0n) is 12.7. The maximum absolute atomic E-state index is 12.4. The molecule has 6 heteroatoms. The van der Waals surface area contributed by atoms with Crippen LogP contribution in [0.3, 0.4) is 0 Å². The number of ketones is 1. The molecule has 0 bridgehead atoms. The third-order valence-corrected chi connectivity index (χ3v) is 5.23. The molecule has 1 aromatic heterocycles. The Balaban J connectivity index is 1.93. The molecule has 0 amide bonds. The van der Waals surface area contributed by atoms with Gasteiger partial charge in [-0.15, -0.1) is 11.3 Å². The summed E-state index contributed by atoms with van der Waals surface area (Å²) in [7, 11) is 1.61. The predicted octanol–water partition coefficient (Wildman–Crippen LogP) is 2.55. The van der Waals surface area contributed by atoms with E-state index in [1.807, 2.05) is 0 Å². The summed E-state index contributed by atoms with van der Waals surface area (Å²) in [5, 5.41) is 0.959. The van der Waals surface area contributed by atoms with Crippen LogP contribution >= 0.6 is 11.3 Å². The third kappa shape index (κ3) is 2.74. The standard InChI is InChI=1S/C15H22N2O3S/c1-8-6-17(7-9(2)20-8)15-13(19-3)11(16)14(21-15)12(18)10-4-5-10/h8-10H,4-7,16H2,1-3H3/t8-,9+. The summed E-state index contributed by atoms with van der Waals surface area (Å²) in [6.07, 6.45) is 2.28. The molecule has 2 aliphatic rings. The lowest BCUT2D eigenvalue weighted by Crippen LogP contribution is -2.45. The van der Waals surface area contributed by atoms with Crippen LogP contribution in [-0.2, 0) is 4.74 Å². The minimum Gasteiger partial charge on any atom is -0.492 e. The van der Waals surface area contributed by atoms with E-state index in [4.69, 9.17) is 15.2 Å². The zero-order valence-corrected chi connectivity index (χ0v) is 13.5. The zero-order chi connectivity index (χ0) is 15.1. The van der Waals surface area contributed by atoms with Crippen LogP contribution in [0.2, 0.25) is 0 Å². The van der Waals surface area contributed by atoms with E-state index in [9.17, 15) is 4.79 Å². The first kappa shape index (κ1) is 14.7. The highest BCUT2D eigenvalue weighted by Crippen LogP contribution is 2.48. The number of morpholine rings is 1. The molecule has 1 saturated heterocycles. The number of carbonyl (C=O) groups excluding carboxylic acids is 1. The predicted molar refractivity (Wildman–Crippen MR) is 84.6 cm³/mol. The minimum absolute atomic E-state index is 0.157. The summed E-state index contributed by atoms with van der Waals surface area (Å²) in [5.74, 6) is 0.993. The second-order valence-electron chi connectivity index (χ2n) is 5.98. The average Bonchev–Trinajstić information content (AvgIpc) is 3.21. The van der Waals surface area contributed by atoms with E-state index >= 15 is 0 Å². The second-order valence-corrected chi connectivity index (χ2v) is 6.98. The first-order valence-electron chi connectivity index (χ1n) is 7.42. The van der Waals surface area contributed by atoms with E-state index in [0.717, 1.165) is 30.9 Å². The number of ether oxygens (including phenoxy) is 2. The maximum Gasteiger partial charge on any atom is 0.178 e. The molecule has 1 aliphatic carbocycles. The molecule has 116 valence electrons. The number of nitrogen functional groups attached to an aromatic ring is 1. The van der Waals surface area contributed by atoms with Gasteiger partial charge in [-0.3, -0.25) is 4.79 Å². The molecule has 2 N–H and O–H groups in total. The van der Waals surface area contributed by atoms with Crippen LogP contribution in [0.4, 0.5) is 10.7 Å². The quantitative estimate of drug-likeness (QED) is 0.866. The van der Waals surface area contributed by atoms with Gasteiger partial charge in [-0.2, -0.15) is 0 Å². The monoisotopic (exact) mass is 310 g/mol. The van der Waals surface area contributed by atoms with Crippen molar-refractivity contribution in [2.45, 2.75) is 38.9 Å². The number of hydrogen-bond acceptors (Lipinski definition) is 6. The number of hydrogen-bond donors (Lipinski definition) is 1. The van der Waals surface area contributed by atoms with Crippen LogP contribution < -0.4 is 15.4 Å². The molecule has 0 radical (unpaired) electrons. The molecular weight excluding hydrogens is 288 g/mol. The maximum atomic E-state index is 12.4. The number of rotatable bonds is 4. The molecule has 21 heavy (non-hydrogen) atoms. The highest BCUT2D eigenvalue weighted by molar-refractivity contribution is 7.19. The van der Waals surface area contributed by atoms with E-state index in [2.05, 4.69) is 18.7 Å². The van der Waals surface area contributed by atoms with Crippen molar-refractivity contribution in [2.24, 2.45) is 5.92 Å². The normalized spacial score (nSPS) is 26.0. The summed E-state index contributed by atoms with van der Waals surface area (Å²) in [6, 6.07) is 0. The van der Waals surface area contributed by atoms with Crippen molar-refractivity contribution < 1.29 is 14.3 Å². The summed E-state index contributed by atoms with van der Waals surface area (Å²) in [6.45, 7) is 5.69. The van der Waals surface area contributed by atoms with Gasteiger partial charge in [-0.25, -0.2) is 0 Å². The Morgan fingerprint density at radius 2 is 1.95 bits per heavy atom. The molecule has 1 aliphatic heterocycles. The van der Waals surface area contributed by atoms with Gasteiger partial charge in [0, 0.05) is 19.0 Å². The highest BCUT2D eigenvalue weighted by Gasteiger charge is 2.36. The first-order chi connectivity index (χ1) is 10.0. The molecule has 2 atom stereocenters. The van der Waals surface area contributed by atoms with Crippen LogP contribution in [0.1, 0.15) is 36.4 Å². The van der Waals surface area contributed by atoms with Gasteiger partial charge in [0.25, 0.3) is 0 Å². The molecule has 2 fully saturated rings. The number of methoxy groups -OCH3 is 1. The molecule has 5 nitrogen and oxygen atoms in total. The summed E-state index contributed by atoms with van der Waals surface area (Å²) >= 11 is 1.47. The Kier molecular flexibility index (Phi) is 3.84. The van der Waals surface area contributed by atoms with E-state index in [1.54, 1.807) is 7.11 Å². The Morgan fingerprint density at radius 1 is 1.33 bits per heavy atom. The van der Waals surface area contributed by atoms with E-state index in [-0.39, 0.29) is 23.9 Å². The summed E-state index contributed by atoms with van der Waals surface area (Å²) in [4.78, 5) is 15.2. The molecule has 1 aromatic rings. The minimum atomic E-state index is 0.157. The average molecular weight is 310 g/mol. The van der Waals surface area contributed by atoms with Crippen molar-refractivity contribution in [3.05, 3.63) is 4.88 Å². The molecule has 1 saturated carbocycles. The highest BCUT2D eigenvalue weighted by atomic mass is 32.1. The van der Waals surface area contributed by atoms with Crippen molar-refractivity contribution in [3.63, 3.8) is 0 Å². The number of anilines is 2. The van der Waals surface area contributed by atoms with Crippen LogP contribution in [0.25, 0.3) is 0 Å². The van der Waals surface area contributed by atoms with Crippen molar-refractivity contribution in [3.8, 4) is 5.75 Å². The SMILES string of the molecule is COc1c(N2C[C@@H](C)O[C@@H](C)C2)sc(C(=O)C2CC2)c1N. The number of carbonyl (C=O) groups is 1. The lowest BCUT2D eigenvalue weighted by molar-refractivity contribution is -0.00510. The van der Waals surface area contributed by atoms with Gasteiger partial charge in [0.15, 0.2) is 11.5 Å². The molecule has 0 unspecified atom stereocenters. The molecule has 2 heterocycles. The Morgan fingerprint density at radius 3 is 2.48 bits per heavy atom. The summed E-state index contributed by atoms with van der Waals surface area (Å²) in [5.41, 5.74) is 6.66. The number of thiophene rings is 1. The number of Topliss-reactive ketones (excluding diaryl/α,β-unsaturated/α-hetero) is 1. The van der Waals surface area contributed by atoms with Gasteiger partial charge >= 0.3 is 0 Å². The molecule has 0 aromatic carbocycles. The lowest BCUT2D eigenvalue weighted by atomic mass is 10.2. The fourth-order valence-electron chi connectivity index (χ4n) is 2.88. The van der Waals surface area contributed by atoms with Crippen molar-refractivity contribution in [1.82, 2.24) is 0 Å². The molecule has 3 rings (SSSR count). The smallest absolute Gasteiger partial charge is 0.178 e. The van der Waals surface area contributed by atoms with Gasteiger partial charge in [-0.1, -0.05) is 0 Å². The van der Waals surface area contributed by atoms with Gasteiger partial charge in [0.1, 0.15) is 5.00 Å². The van der Waals surface area contributed by atoms with Gasteiger partial charge < -0.3 is 20.1 Å². The second kappa shape index (κ2) is 5.50. The van der Waals surface area contributed by atoms with Crippen LogP contribution in [0, 0.1) is 5.92 Å². The van der Waals surface area contributed by atoms with Crippen LogP contribution in [0.15, 0.2) is 0 Å². The fraction of sp³-hybridized carbons (Fsp3) is 0.667. The van der Waals surface area contributed by atoms with Crippen molar-refractivity contribution in [2.75, 3.05) is 30.8 Å². The topological polar surface area (TPSA) is 64.8 Å². The largest absolute Gasteiger partial charge is 0.492 e. The van der Waals surface area contributed by atoms with E-state index in [1.165, 1.54) is 11.3 Å². The third-order valence-electron chi connectivity index (χ3n) is 3.97. The number of nitrogens with zero attached hydrogens (tertiary/aromatic N) is 1. The Bertz CT molecular complexity index is 543. The fourth-order valence-corrected chi connectivity index (χ4v) is 4.11. The Hall–Kier alpha value is -1.27. The van der Waals surface area contributed by atoms with Gasteiger partial charge in [0.2, 0.25) is 0 Å². The lowest BCUT2D eigenvalue weighted by Gasteiger charge is -2.36.